The lowest BCUT2D eigenvalue weighted by Crippen LogP contribution is -2.02. The highest BCUT2D eigenvalue weighted by Gasteiger charge is 2.03. The van der Waals surface area contributed by atoms with E-state index >= 15 is 0 Å². The molecule has 0 aromatic heterocycles. The van der Waals surface area contributed by atoms with Crippen LogP contribution in [0.2, 0.25) is 0 Å². The van der Waals surface area contributed by atoms with Crippen LogP contribution in [-0.2, 0) is 17.8 Å². The number of benzene rings is 2. The molecule has 6 heteroatoms. The van der Waals surface area contributed by atoms with E-state index in [-0.39, 0.29) is 5.97 Å². The van der Waals surface area contributed by atoms with E-state index < -0.39 is 5.97 Å². The summed E-state index contributed by atoms with van der Waals surface area (Å²) in [6.45, 7) is 0.932. The van der Waals surface area contributed by atoms with Gasteiger partial charge in [0.05, 0.1) is 18.2 Å². The van der Waals surface area contributed by atoms with E-state index in [2.05, 4.69) is 4.74 Å². The van der Waals surface area contributed by atoms with Crippen molar-refractivity contribution in [3.05, 3.63) is 70.8 Å². The summed E-state index contributed by atoms with van der Waals surface area (Å²) >= 11 is 0. The summed E-state index contributed by atoms with van der Waals surface area (Å²) in [5, 5.41) is 8.52. The first-order valence-electron chi connectivity index (χ1n) is 6.91. The van der Waals surface area contributed by atoms with Crippen LogP contribution in [0.1, 0.15) is 31.8 Å². The molecule has 0 aliphatic heterocycles. The number of rotatable bonds is 4. The zero-order chi connectivity index (χ0) is 17.2. The van der Waals surface area contributed by atoms with E-state index in [0.717, 1.165) is 11.1 Å². The average Bonchev–Trinajstić information content (AvgIpc) is 2.61. The molecule has 23 heavy (non-hydrogen) atoms. The Balaban J connectivity index is 0.000000231. The van der Waals surface area contributed by atoms with E-state index in [0.29, 0.717) is 24.2 Å². The van der Waals surface area contributed by atoms with Crippen molar-refractivity contribution in [1.29, 1.82) is 0 Å². The summed E-state index contributed by atoms with van der Waals surface area (Å²) in [4.78, 5) is 21.3. The van der Waals surface area contributed by atoms with Crippen molar-refractivity contribution < 1.29 is 19.4 Å². The number of nitrogens with two attached hydrogens (primary N) is 2. The third-order valence-corrected chi connectivity index (χ3v) is 3.05. The predicted molar refractivity (Wildman–Crippen MR) is 87.0 cm³/mol. The number of hydrogen-bond acceptors (Lipinski definition) is 5. The van der Waals surface area contributed by atoms with Gasteiger partial charge in [-0.15, -0.1) is 0 Å². The first-order valence-corrected chi connectivity index (χ1v) is 6.91. The monoisotopic (exact) mass is 316 g/mol. The SMILES string of the molecule is COC(=O)c1ccc(CN)cc1.NCc1ccc(C(=O)O)cc1. The molecule has 0 amide bonds. The maximum atomic E-state index is 11.0. The molecule has 0 atom stereocenters. The molecular weight excluding hydrogens is 296 g/mol. The van der Waals surface area contributed by atoms with Crippen LogP contribution in [0.3, 0.4) is 0 Å². The zero-order valence-corrected chi connectivity index (χ0v) is 12.9. The number of ether oxygens (including phenoxy) is 1. The highest BCUT2D eigenvalue weighted by atomic mass is 16.5. The van der Waals surface area contributed by atoms with Gasteiger partial charge in [0.25, 0.3) is 0 Å². The fourth-order valence-electron chi connectivity index (χ4n) is 1.68. The van der Waals surface area contributed by atoms with Crippen LogP contribution in [0, 0.1) is 0 Å². The van der Waals surface area contributed by atoms with Gasteiger partial charge < -0.3 is 21.3 Å². The molecule has 0 fully saturated rings. The Bertz CT molecular complexity index is 637. The first kappa shape index (κ1) is 18.3. The van der Waals surface area contributed by atoms with Gasteiger partial charge in [0, 0.05) is 13.1 Å². The third kappa shape index (κ3) is 5.90. The number of carbonyl (C=O) groups excluding carboxylic acids is 1. The second-order valence-electron chi connectivity index (χ2n) is 4.60. The van der Waals surface area contributed by atoms with Gasteiger partial charge in [-0.3, -0.25) is 0 Å². The summed E-state index contributed by atoms with van der Waals surface area (Å²) < 4.78 is 4.54. The van der Waals surface area contributed by atoms with E-state index in [1.807, 2.05) is 12.1 Å². The van der Waals surface area contributed by atoms with Gasteiger partial charge in [-0.1, -0.05) is 24.3 Å². The number of methoxy groups -OCH3 is 1. The predicted octanol–water partition coefficient (Wildman–Crippen LogP) is 1.78. The summed E-state index contributed by atoms with van der Waals surface area (Å²) in [6, 6.07) is 13.5. The molecule has 0 spiro atoms. The van der Waals surface area contributed by atoms with Crippen LogP contribution < -0.4 is 11.5 Å². The lowest BCUT2D eigenvalue weighted by Gasteiger charge is -1.99. The summed E-state index contributed by atoms with van der Waals surface area (Å²) in [5.74, 6) is -1.23. The summed E-state index contributed by atoms with van der Waals surface area (Å²) in [7, 11) is 1.36. The Hall–Kier alpha value is -2.70. The smallest absolute Gasteiger partial charge is 0.337 e. The number of aromatic carboxylic acids is 1. The van der Waals surface area contributed by atoms with Gasteiger partial charge in [0.15, 0.2) is 0 Å². The number of carbonyl (C=O) groups is 2. The highest BCUT2D eigenvalue weighted by Crippen LogP contribution is 2.04. The normalized spacial score (nSPS) is 9.52. The Morgan fingerprint density at radius 1 is 0.870 bits per heavy atom. The van der Waals surface area contributed by atoms with Crippen LogP contribution in [-0.4, -0.2) is 24.2 Å². The number of carboxylic acid groups (broad SMARTS) is 1. The van der Waals surface area contributed by atoms with Crippen LogP contribution in [0.15, 0.2) is 48.5 Å². The van der Waals surface area contributed by atoms with Gasteiger partial charge in [-0.05, 0) is 35.4 Å². The number of hydrogen-bond donors (Lipinski definition) is 3. The molecular formula is C17H20N2O4. The Morgan fingerprint density at radius 3 is 1.57 bits per heavy atom. The summed E-state index contributed by atoms with van der Waals surface area (Å²) in [6.07, 6.45) is 0. The van der Waals surface area contributed by atoms with E-state index in [9.17, 15) is 9.59 Å². The quantitative estimate of drug-likeness (QED) is 0.740. The molecule has 0 heterocycles. The highest BCUT2D eigenvalue weighted by molar-refractivity contribution is 5.89. The molecule has 2 aromatic rings. The van der Waals surface area contributed by atoms with Crippen molar-refractivity contribution in [2.45, 2.75) is 13.1 Å². The number of carboxylic acids is 1. The largest absolute Gasteiger partial charge is 0.478 e. The standard InChI is InChI=1S/C9H11NO2.C8H9NO2/c1-12-9(11)8-4-2-7(6-10)3-5-8;9-5-6-1-3-7(4-2-6)8(10)11/h2-5H,6,10H2,1H3;1-4H,5,9H2,(H,10,11). The van der Waals surface area contributed by atoms with E-state index in [1.54, 1.807) is 36.4 Å². The third-order valence-electron chi connectivity index (χ3n) is 3.05. The molecule has 0 bridgehead atoms. The minimum atomic E-state index is -0.909. The Morgan fingerprint density at radius 2 is 1.26 bits per heavy atom. The summed E-state index contributed by atoms with van der Waals surface area (Å²) in [5.41, 5.74) is 13.5. The fraction of sp³-hybridized carbons (Fsp3) is 0.176. The van der Waals surface area contributed by atoms with Crippen LogP contribution in [0.25, 0.3) is 0 Å². The van der Waals surface area contributed by atoms with E-state index in [4.69, 9.17) is 16.6 Å². The molecule has 0 aliphatic carbocycles. The average molecular weight is 316 g/mol. The van der Waals surface area contributed by atoms with Crippen molar-refractivity contribution in [1.82, 2.24) is 0 Å². The zero-order valence-electron chi connectivity index (χ0n) is 12.9. The molecule has 0 aliphatic rings. The fourth-order valence-corrected chi connectivity index (χ4v) is 1.68. The topological polar surface area (TPSA) is 116 Å². The van der Waals surface area contributed by atoms with E-state index in [1.165, 1.54) is 7.11 Å². The van der Waals surface area contributed by atoms with Gasteiger partial charge in [0.2, 0.25) is 0 Å². The molecule has 6 nitrogen and oxygen atoms in total. The lowest BCUT2D eigenvalue weighted by molar-refractivity contribution is 0.0599. The molecule has 0 unspecified atom stereocenters. The van der Waals surface area contributed by atoms with Crippen LogP contribution in [0.4, 0.5) is 0 Å². The molecule has 0 saturated carbocycles. The second kappa shape index (κ2) is 9.34. The molecule has 0 saturated heterocycles. The minimum Gasteiger partial charge on any atom is -0.478 e. The Kier molecular flexibility index (Phi) is 7.45. The van der Waals surface area contributed by atoms with Crippen molar-refractivity contribution in [2.24, 2.45) is 11.5 Å². The second-order valence-corrected chi connectivity index (χ2v) is 4.60. The number of esters is 1. The van der Waals surface area contributed by atoms with Crippen LogP contribution >= 0.6 is 0 Å². The molecule has 0 radical (unpaired) electrons. The van der Waals surface area contributed by atoms with Crippen molar-refractivity contribution in [3.8, 4) is 0 Å². The lowest BCUT2D eigenvalue weighted by atomic mass is 10.1. The first-order chi connectivity index (χ1) is 11.0. The Labute approximate surface area is 134 Å². The van der Waals surface area contributed by atoms with Gasteiger partial charge in [-0.25, -0.2) is 9.59 Å². The van der Waals surface area contributed by atoms with Gasteiger partial charge in [0.1, 0.15) is 0 Å². The molecule has 2 rings (SSSR count). The maximum absolute atomic E-state index is 11.0. The molecule has 5 N–H and O–H groups in total. The van der Waals surface area contributed by atoms with Gasteiger partial charge in [-0.2, -0.15) is 0 Å². The molecule has 2 aromatic carbocycles. The maximum Gasteiger partial charge on any atom is 0.337 e. The minimum absolute atomic E-state index is 0.294. The molecule has 122 valence electrons. The van der Waals surface area contributed by atoms with Crippen molar-refractivity contribution in [3.63, 3.8) is 0 Å². The van der Waals surface area contributed by atoms with Crippen LogP contribution in [0.5, 0.6) is 0 Å². The van der Waals surface area contributed by atoms with Gasteiger partial charge >= 0.3 is 11.9 Å². The van der Waals surface area contributed by atoms with Crippen molar-refractivity contribution >= 4 is 11.9 Å². The van der Waals surface area contributed by atoms with Crippen molar-refractivity contribution in [2.75, 3.05) is 7.11 Å².